The molecule has 2 aliphatic rings. The number of hydrogen-bond acceptors (Lipinski definition) is 4. The van der Waals surface area contributed by atoms with Gasteiger partial charge in [-0.1, -0.05) is 68.5 Å². The number of para-hydroxylation sites is 1. The summed E-state index contributed by atoms with van der Waals surface area (Å²) in [7, 11) is 0. The molecule has 0 bridgehead atoms. The first-order valence-corrected chi connectivity index (χ1v) is 15.9. The van der Waals surface area contributed by atoms with E-state index in [0.29, 0.717) is 23.5 Å². The van der Waals surface area contributed by atoms with E-state index in [4.69, 9.17) is 9.84 Å². The first-order chi connectivity index (χ1) is 21.4. The van der Waals surface area contributed by atoms with Crippen LogP contribution in [0.15, 0.2) is 78.9 Å². The van der Waals surface area contributed by atoms with Gasteiger partial charge in [-0.3, -0.25) is 9.59 Å². The zero-order valence-electron chi connectivity index (χ0n) is 25.3. The number of rotatable bonds is 11. The molecule has 0 radical (unpaired) electrons. The Morgan fingerprint density at radius 2 is 1.45 bits per heavy atom. The summed E-state index contributed by atoms with van der Waals surface area (Å²) < 4.78 is 5.98. The summed E-state index contributed by atoms with van der Waals surface area (Å²) in [6, 6.07) is 24.2. The van der Waals surface area contributed by atoms with Gasteiger partial charge >= 0.3 is 12.0 Å². The van der Waals surface area contributed by atoms with Crippen molar-refractivity contribution in [1.82, 2.24) is 10.2 Å². The molecule has 2 fully saturated rings. The van der Waals surface area contributed by atoms with Crippen LogP contribution in [0.4, 0.5) is 10.5 Å². The van der Waals surface area contributed by atoms with Crippen molar-refractivity contribution in [2.45, 2.75) is 76.8 Å². The molecule has 0 spiro atoms. The van der Waals surface area contributed by atoms with Crippen molar-refractivity contribution >= 4 is 23.6 Å². The van der Waals surface area contributed by atoms with E-state index in [-0.39, 0.29) is 30.9 Å². The van der Waals surface area contributed by atoms with Crippen LogP contribution in [0.3, 0.4) is 0 Å². The Morgan fingerprint density at radius 3 is 2.16 bits per heavy atom. The predicted molar refractivity (Wildman–Crippen MR) is 171 cm³/mol. The Hall–Kier alpha value is -4.33. The zero-order chi connectivity index (χ0) is 30.7. The predicted octanol–water partition coefficient (Wildman–Crippen LogP) is 7.86. The highest BCUT2D eigenvalue weighted by Gasteiger charge is 2.33. The van der Waals surface area contributed by atoms with Crippen LogP contribution in [-0.4, -0.2) is 40.5 Å². The third kappa shape index (κ3) is 8.85. The van der Waals surface area contributed by atoms with Crippen LogP contribution in [0.1, 0.15) is 80.1 Å². The number of carboxylic acid groups (broad SMARTS) is 1. The molecular formula is C36H43N3O5. The molecule has 8 nitrogen and oxygen atoms in total. The number of amides is 3. The summed E-state index contributed by atoms with van der Waals surface area (Å²) in [6.45, 7) is 0.497. The molecule has 0 heterocycles. The summed E-state index contributed by atoms with van der Waals surface area (Å²) in [6.07, 6.45) is 10.9. The lowest BCUT2D eigenvalue weighted by Gasteiger charge is -2.40. The van der Waals surface area contributed by atoms with E-state index < -0.39 is 5.97 Å². The van der Waals surface area contributed by atoms with Gasteiger partial charge in [0.1, 0.15) is 11.5 Å². The molecule has 2 saturated carbocycles. The number of urea groups is 1. The fourth-order valence-electron chi connectivity index (χ4n) is 6.66. The van der Waals surface area contributed by atoms with Crippen LogP contribution in [0, 0.1) is 11.8 Å². The third-order valence-corrected chi connectivity index (χ3v) is 9.02. The largest absolute Gasteiger partial charge is 0.481 e. The quantitative estimate of drug-likeness (QED) is 0.209. The molecule has 44 heavy (non-hydrogen) atoms. The van der Waals surface area contributed by atoms with Gasteiger partial charge in [-0.05, 0) is 79.5 Å². The van der Waals surface area contributed by atoms with Gasteiger partial charge in [0.05, 0.1) is 6.42 Å². The number of anilines is 1. The highest BCUT2D eigenvalue weighted by atomic mass is 16.5. The average Bonchev–Trinajstić information content (AvgIpc) is 3.05. The van der Waals surface area contributed by atoms with E-state index in [0.717, 1.165) is 48.8 Å². The van der Waals surface area contributed by atoms with Gasteiger partial charge in [-0.2, -0.15) is 0 Å². The lowest BCUT2D eigenvalue weighted by Crippen LogP contribution is -2.44. The van der Waals surface area contributed by atoms with Crippen molar-refractivity contribution in [3.63, 3.8) is 0 Å². The number of nitrogens with one attached hydrogen (secondary N) is 2. The van der Waals surface area contributed by atoms with E-state index in [2.05, 4.69) is 10.6 Å². The Labute approximate surface area is 259 Å². The molecule has 0 atom stereocenters. The molecule has 3 N–H and O–H groups in total. The lowest BCUT2D eigenvalue weighted by atomic mass is 9.72. The van der Waals surface area contributed by atoms with E-state index in [9.17, 15) is 14.4 Å². The Kier molecular flexibility index (Phi) is 10.9. The molecule has 8 heteroatoms. The van der Waals surface area contributed by atoms with Crippen LogP contribution in [0.25, 0.3) is 0 Å². The van der Waals surface area contributed by atoms with Crippen molar-refractivity contribution in [2.75, 3.05) is 11.9 Å². The molecule has 3 aromatic rings. The molecule has 5 rings (SSSR count). The van der Waals surface area contributed by atoms with Crippen molar-refractivity contribution < 1.29 is 24.2 Å². The first kappa shape index (κ1) is 31.1. The van der Waals surface area contributed by atoms with Gasteiger partial charge < -0.3 is 25.4 Å². The maximum Gasteiger partial charge on any atom is 0.322 e. The van der Waals surface area contributed by atoms with Crippen molar-refractivity contribution in [1.29, 1.82) is 0 Å². The summed E-state index contributed by atoms with van der Waals surface area (Å²) in [4.78, 5) is 39.0. The van der Waals surface area contributed by atoms with Gasteiger partial charge in [-0.25, -0.2) is 4.79 Å². The van der Waals surface area contributed by atoms with Gasteiger partial charge in [-0.15, -0.1) is 0 Å². The lowest BCUT2D eigenvalue weighted by molar-refractivity contribution is -0.136. The van der Waals surface area contributed by atoms with Crippen molar-refractivity contribution in [3.8, 4) is 11.5 Å². The number of ether oxygens (including phenoxy) is 1. The molecule has 2 aliphatic carbocycles. The van der Waals surface area contributed by atoms with E-state index in [1.165, 1.54) is 32.1 Å². The van der Waals surface area contributed by atoms with E-state index >= 15 is 0 Å². The molecule has 0 saturated heterocycles. The third-order valence-electron chi connectivity index (χ3n) is 9.02. The molecule has 3 aromatic carbocycles. The fraction of sp³-hybridized carbons (Fsp3) is 0.417. The maximum atomic E-state index is 13.9. The monoisotopic (exact) mass is 597 g/mol. The highest BCUT2D eigenvalue weighted by molar-refractivity contribution is 5.94. The second kappa shape index (κ2) is 15.4. The van der Waals surface area contributed by atoms with Gasteiger partial charge in [0, 0.05) is 36.4 Å². The summed E-state index contributed by atoms with van der Waals surface area (Å²) in [5.74, 6) is 1.68. The topological polar surface area (TPSA) is 108 Å². The van der Waals surface area contributed by atoms with E-state index in [1.807, 2.05) is 71.6 Å². The SMILES string of the molecule is O=C(O)CCNC(=O)c1ccc(CN(C(=O)Nc2cccc(Oc3ccccc3)c2)C2CCC(C3CCCCC3)CC2)cc1. The maximum absolute atomic E-state index is 13.9. The fourth-order valence-corrected chi connectivity index (χ4v) is 6.66. The minimum absolute atomic E-state index is 0.0744. The van der Waals surface area contributed by atoms with Gasteiger partial charge in [0.25, 0.3) is 5.91 Å². The number of carbonyl (C=O) groups is 3. The summed E-state index contributed by atoms with van der Waals surface area (Å²) in [5, 5.41) is 14.6. The summed E-state index contributed by atoms with van der Waals surface area (Å²) in [5.41, 5.74) is 2.05. The van der Waals surface area contributed by atoms with Crippen LogP contribution in [0.2, 0.25) is 0 Å². The first-order valence-electron chi connectivity index (χ1n) is 15.9. The smallest absolute Gasteiger partial charge is 0.322 e. The molecule has 0 unspecified atom stereocenters. The Balaban J connectivity index is 1.27. The average molecular weight is 598 g/mol. The second-order valence-electron chi connectivity index (χ2n) is 12.1. The Morgan fingerprint density at radius 1 is 0.773 bits per heavy atom. The zero-order valence-corrected chi connectivity index (χ0v) is 25.3. The van der Waals surface area contributed by atoms with Crippen LogP contribution >= 0.6 is 0 Å². The van der Waals surface area contributed by atoms with Crippen LogP contribution in [0.5, 0.6) is 11.5 Å². The minimum atomic E-state index is -0.956. The van der Waals surface area contributed by atoms with E-state index in [1.54, 1.807) is 12.1 Å². The molecule has 0 aliphatic heterocycles. The minimum Gasteiger partial charge on any atom is -0.481 e. The number of carboxylic acids is 1. The number of hydrogen-bond donors (Lipinski definition) is 3. The van der Waals surface area contributed by atoms with Crippen molar-refractivity contribution in [2.24, 2.45) is 11.8 Å². The highest BCUT2D eigenvalue weighted by Crippen LogP contribution is 2.39. The van der Waals surface area contributed by atoms with Crippen LogP contribution < -0.4 is 15.4 Å². The molecule has 0 aromatic heterocycles. The van der Waals surface area contributed by atoms with Gasteiger partial charge in [0.15, 0.2) is 0 Å². The van der Waals surface area contributed by atoms with Crippen LogP contribution in [-0.2, 0) is 11.3 Å². The number of carbonyl (C=O) groups excluding carboxylic acids is 2. The normalized spacial score (nSPS) is 18.6. The molecule has 3 amide bonds. The number of nitrogens with zero attached hydrogens (tertiary/aromatic N) is 1. The molecule has 232 valence electrons. The number of aliphatic carboxylic acids is 1. The number of benzene rings is 3. The summed E-state index contributed by atoms with van der Waals surface area (Å²) >= 11 is 0. The molecular weight excluding hydrogens is 554 g/mol. The standard InChI is InChI=1S/C36H43N3O5/c40-34(41)22-23-37-35(42)29-16-14-26(15-17-29)25-39(31-20-18-28(19-21-31)27-8-3-1-4-9-27)36(43)38-30-10-7-13-33(24-30)44-32-11-5-2-6-12-32/h2,5-7,10-17,24,27-28,31H,1,3-4,8-9,18-23,25H2,(H,37,42)(H,38,43)(H,40,41). The Bertz CT molecular complexity index is 1380. The second-order valence-corrected chi connectivity index (χ2v) is 12.1. The van der Waals surface area contributed by atoms with Crippen molar-refractivity contribution in [3.05, 3.63) is 90.0 Å². The van der Waals surface area contributed by atoms with Gasteiger partial charge in [0.2, 0.25) is 0 Å².